The molecule has 1 rings (SSSR count). The van der Waals surface area contributed by atoms with Crippen LogP contribution < -0.4 is 5.32 Å². The van der Waals surface area contributed by atoms with Crippen LogP contribution in [0.1, 0.15) is 23.7 Å². The van der Waals surface area contributed by atoms with Crippen LogP contribution >= 0.6 is 11.6 Å². The van der Waals surface area contributed by atoms with E-state index >= 15 is 0 Å². The molecule has 2 N–H and O–H groups in total. The molecule has 0 aromatic carbocycles. The van der Waals surface area contributed by atoms with Gasteiger partial charge in [-0.15, -0.1) is 0 Å². The third kappa shape index (κ3) is 3.15. The fourth-order valence-electron chi connectivity index (χ4n) is 1.12. The molecule has 88 valence electrons. The van der Waals surface area contributed by atoms with Crippen LogP contribution in [0.2, 0.25) is 5.15 Å². The van der Waals surface area contributed by atoms with E-state index in [-0.39, 0.29) is 23.4 Å². The van der Waals surface area contributed by atoms with Gasteiger partial charge in [-0.2, -0.15) is 0 Å². The van der Waals surface area contributed by atoms with E-state index in [1.54, 1.807) is 0 Å². The quantitative estimate of drug-likeness (QED) is 0.789. The van der Waals surface area contributed by atoms with Crippen LogP contribution in [0.15, 0.2) is 12.3 Å². The van der Waals surface area contributed by atoms with Crippen molar-refractivity contribution in [1.82, 2.24) is 10.3 Å². The zero-order chi connectivity index (χ0) is 12.1. The van der Waals surface area contributed by atoms with E-state index in [2.05, 4.69) is 10.3 Å². The lowest BCUT2D eigenvalue weighted by atomic mass is 10.2. The monoisotopic (exact) mass is 246 g/mol. The molecule has 0 saturated heterocycles. The van der Waals surface area contributed by atoms with Crippen molar-refractivity contribution in [3.63, 3.8) is 0 Å². The third-order valence-electron chi connectivity index (χ3n) is 2.10. The van der Waals surface area contributed by atoms with Crippen molar-refractivity contribution in [3.8, 4) is 0 Å². The number of halogens is 2. The van der Waals surface area contributed by atoms with Gasteiger partial charge in [-0.1, -0.05) is 18.5 Å². The summed E-state index contributed by atoms with van der Waals surface area (Å²) in [7, 11) is 0. The minimum Gasteiger partial charge on any atom is -0.394 e. The Bertz CT molecular complexity index is 383. The van der Waals surface area contributed by atoms with Crippen LogP contribution in [0.5, 0.6) is 0 Å². The summed E-state index contributed by atoms with van der Waals surface area (Å²) in [4.78, 5) is 15.2. The van der Waals surface area contributed by atoms with E-state index in [0.717, 1.165) is 12.3 Å². The molecule has 6 heteroatoms. The summed E-state index contributed by atoms with van der Waals surface area (Å²) in [5, 5.41) is 11.4. The van der Waals surface area contributed by atoms with Gasteiger partial charge >= 0.3 is 0 Å². The number of amides is 1. The van der Waals surface area contributed by atoms with Crippen molar-refractivity contribution >= 4 is 17.5 Å². The molecule has 0 aliphatic carbocycles. The number of hydrogen-bond donors (Lipinski definition) is 2. The van der Waals surface area contributed by atoms with Gasteiger partial charge in [0, 0.05) is 0 Å². The molecular weight excluding hydrogens is 235 g/mol. The number of hydrogen-bond acceptors (Lipinski definition) is 3. The van der Waals surface area contributed by atoms with Crippen LogP contribution in [0.4, 0.5) is 4.39 Å². The van der Waals surface area contributed by atoms with Gasteiger partial charge < -0.3 is 10.4 Å². The fraction of sp³-hybridized carbons (Fsp3) is 0.400. The normalized spacial score (nSPS) is 12.2. The molecular formula is C10H12ClFN2O2. The molecule has 0 saturated carbocycles. The van der Waals surface area contributed by atoms with E-state index in [4.69, 9.17) is 16.7 Å². The number of nitrogens with zero attached hydrogens (tertiary/aromatic N) is 1. The van der Waals surface area contributed by atoms with Crippen molar-refractivity contribution < 1.29 is 14.3 Å². The summed E-state index contributed by atoms with van der Waals surface area (Å²) in [5.74, 6) is -1.18. The molecule has 0 fully saturated rings. The largest absolute Gasteiger partial charge is 0.394 e. The number of carbonyl (C=O) groups is 1. The maximum Gasteiger partial charge on any atom is 0.254 e. The predicted molar refractivity (Wildman–Crippen MR) is 57.8 cm³/mol. The van der Waals surface area contributed by atoms with Crippen molar-refractivity contribution in [1.29, 1.82) is 0 Å². The maximum absolute atomic E-state index is 12.9. The first kappa shape index (κ1) is 12.9. The second-order valence-electron chi connectivity index (χ2n) is 3.25. The summed E-state index contributed by atoms with van der Waals surface area (Å²) in [6, 6.07) is 0.640. The molecule has 4 nitrogen and oxygen atoms in total. The highest BCUT2D eigenvalue weighted by Crippen LogP contribution is 2.13. The number of nitrogens with one attached hydrogen (secondary N) is 1. The van der Waals surface area contributed by atoms with E-state index in [9.17, 15) is 9.18 Å². The molecule has 0 bridgehead atoms. The van der Waals surface area contributed by atoms with E-state index in [1.807, 2.05) is 6.92 Å². The Morgan fingerprint density at radius 3 is 3.00 bits per heavy atom. The topological polar surface area (TPSA) is 62.2 Å². The highest BCUT2D eigenvalue weighted by atomic mass is 35.5. The van der Waals surface area contributed by atoms with E-state index in [0.29, 0.717) is 6.42 Å². The van der Waals surface area contributed by atoms with Crippen LogP contribution in [-0.4, -0.2) is 28.6 Å². The molecule has 16 heavy (non-hydrogen) atoms. The standard InChI is InChI=1S/C10H12ClFN2O2/c1-2-7(5-15)14-10(16)8-3-6(12)4-13-9(8)11/h3-4,7,15H,2,5H2,1H3,(H,14,16)/t7-/m1/s1. The van der Waals surface area contributed by atoms with Gasteiger partial charge in [0.05, 0.1) is 24.4 Å². The molecule has 0 unspecified atom stereocenters. The zero-order valence-corrected chi connectivity index (χ0v) is 9.46. The summed E-state index contributed by atoms with van der Waals surface area (Å²) >= 11 is 5.66. The van der Waals surface area contributed by atoms with Crippen LogP contribution in [0.25, 0.3) is 0 Å². The number of carbonyl (C=O) groups excluding carboxylic acids is 1. The zero-order valence-electron chi connectivity index (χ0n) is 8.70. The Labute approximate surface area is 97.5 Å². The van der Waals surface area contributed by atoms with Crippen molar-refractivity contribution in [2.24, 2.45) is 0 Å². The summed E-state index contributed by atoms with van der Waals surface area (Å²) in [6.07, 6.45) is 1.51. The molecule has 1 aromatic heterocycles. The average molecular weight is 247 g/mol. The molecule has 0 radical (unpaired) electrons. The van der Waals surface area contributed by atoms with Gasteiger partial charge in [-0.25, -0.2) is 9.37 Å². The molecule has 0 aliphatic rings. The third-order valence-corrected chi connectivity index (χ3v) is 2.40. The van der Waals surface area contributed by atoms with Gasteiger partial charge in [0.2, 0.25) is 0 Å². The summed E-state index contributed by atoms with van der Waals surface area (Å²) < 4.78 is 12.9. The van der Waals surface area contributed by atoms with Gasteiger partial charge in [-0.3, -0.25) is 4.79 Å². The van der Waals surface area contributed by atoms with Crippen LogP contribution in [0, 0.1) is 5.82 Å². The number of aromatic nitrogens is 1. The lowest BCUT2D eigenvalue weighted by Gasteiger charge is -2.14. The van der Waals surface area contributed by atoms with Gasteiger partial charge in [0.1, 0.15) is 11.0 Å². The molecule has 1 amide bonds. The van der Waals surface area contributed by atoms with E-state index in [1.165, 1.54) is 0 Å². The van der Waals surface area contributed by atoms with Crippen molar-refractivity contribution in [3.05, 3.63) is 28.8 Å². The number of pyridine rings is 1. The maximum atomic E-state index is 12.9. The Morgan fingerprint density at radius 2 is 2.44 bits per heavy atom. The predicted octanol–water partition coefficient (Wildman–Crippen LogP) is 1.37. The average Bonchev–Trinajstić information content (AvgIpc) is 2.28. The smallest absolute Gasteiger partial charge is 0.254 e. The highest BCUT2D eigenvalue weighted by molar-refractivity contribution is 6.32. The summed E-state index contributed by atoms with van der Waals surface area (Å²) in [6.45, 7) is 1.63. The second kappa shape index (κ2) is 5.77. The highest BCUT2D eigenvalue weighted by Gasteiger charge is 2.15. The number of aliphatic hydroxyl groups is 1. The Kier molecular flexibility index (Phi) is 4.64. The Balaban J connectivity index is 2.83. The van der Waals surface area contributed by atoms with Crippen LogP contribution in [0.3, 0.4) is 0 Å². The minimum absolute atomic E-state index is 0.0337. The first-order chi connectivity index (χ1) is 7.58. The SMILES string of the molecule is CC[C@H](CO)NC(=O)c1cc(F)cnc1Cl. The first-order valence-corrected chi connectivity index (χ1v) is 5.19. The first-order valence-electron chi connectivity index (χ1n) is 4.81. The van der Waals surface area contributed by atoms with Gasteiger partial charge in [0.25, 0.3) is 5.91 Å². The minimum atomic E-state index is -0.633. The number of rotatable bonds is 4. The molecule has 0 aliphatic heterocycles. The molecule has 1 aromatic rings. The summed E-state index contributed by atoms with van der Waals surface area (Å²) in [5.41, 5.74) is -0.0337. The second-order valence-corrected chi connectivity index (χ2v) is 3.61. The fourth-order valence-corrected chi connectivity index (χ4v) is 1.31. The molecule has 0 spiro atoms. The van der Waals surface area contributed by atoms with Crippen molar-refractivity contribution in [2.45, 2.75) is 19.4 Å². The van der Waals surface area contributed by atoms with Crippen LogP contribution in [-0.2, 0) is 0 Å². The molecule has 1 atom stereocenters. The Hall–Kier alpha value is -1.20. The van der Waals surface area contributed by atoms with E-state index < -0.39 is 11.7 Å². The molecule has 1 heterocycles. The number of aliphatic hydroxyl groups excluding tert-OH is 1. The lowest BCUT2D eigenvalue weighted by Crippen LogP contribution is -2.37. The lowest BCUT2D eigenvalue weighted by molar-refractivity contribution is 0.0914. The van der Waals surface area contributed by atoms with Gasteiger partial charge in [0.15, 0.2) is 0 Å². The van der Waals surface area contributed by atoms with Crippen molar-refractivity contribution in [2.75, 3.05) is 6.61 Å². The Morgan fingerprint density at radius 1 is 1.75 bits per heavy atom. The van der Waals surface area contributed by atoms with Gasteiger partial charge in [-0.05, 0) is 12.5 Å².